The SMILES string of the molecule is Cc1ccccc1C(=O)CN(C)Cc1ccc(Br)cc1. The first-order valence-corrected chi connectivity index (χ1v) is 7.37. The van der Waals surface area contributed by atoms with Gasteiger partial charge in [0.05, 0.1) is 6.54 Å². The number of hydrogen-bond acceptors (Lipinski definition) is 2. The number of rotatable bonds is 5. The lowest BCUT2D eigenvalue weighted by Gasteiger charge is -2.16. The van der Waals surface area contributed by atoms with E-state index in [1.54, 1.807) is 0 Å². The number of likely N-dealkylation sites (N-methyl/N-ethyl adjacent to an activating group) is 1. The maximum atomic E-state index is 12.3. The molecule has 104 valence electrons. The van der Waals surface area contributed by atoms with Crippen LogP contribution in [0, 0.1) is 6.92 Å². The number of halogens is 1. The van der Waals surface area contributed by atoms with Crippen LogP contribution in [0.4, 0.5) is 0 Å². The van der Waals surface area contributed by atoms with Crippen molar-refractivity contribution in [3.05, 3.63) is 69.7 Å². The number of carbonyl (C=O) groups excluding carboxylic acids is 1. The van der Waals surface area contributed by atoms with Crippen molar-refractivity contribution in [2.24, 2.45) is 0 Å². The highest BCUT2D eigenvalue weighted by atomic mass is 79.9. The first kappa shape index (κ1) is 14.9. The lowest BCUT2D eigenvalue weighted by molar-refractivity contribution is 0.0942. The third kappa shape index (κ3) is 4.02. The molecule has 0 N–H and O–H groups in total. The van der Waals surface area contributed by atoms with Crippen molar-refractivity contribution < 1.29 is 4.79 Å². The highest BCUT2D eigenvalue weighted by molar-refractivity contribution is 9.10. The molecule has 0 heterocycles. The maximum absolute atomic E-state index is 12.3. The summed E-state index contributed by atoms with van der Waals surface area (Å²) in [6.45, 7) is 3.17. The molecule has 0 saturated carbocycles. The van der Waals surface area contributed by atoms with Gasteiger partial charge in [0.2, 0.25) is 0 Å². The fourth-order valence-electron chi connectivity index (χ4n) is 2.17. The molecule has 2 rings (SSSR count). The average Bonchev–Trinajstić information content (AvgIpc) is 2.41. The molecule has 3 heteroatoms. The van der Waals surface area contributed by atoms with E-state index in [4.69, 9.17) is 0 Å². The van der Waals surface area contributed by atoms with Gasteiger partial charge in [-0.2, -0.15) is 0 Å². The molecule has 0 saturated heterocycles. The van der Waals surface area contributed by atoms with E-state index in [-0.39, 0.29) is 5.78 Å². The van der Waals surface area contributed by atoms with Crippen LogP contribution in [0.2, 0.25) is 0 Å². The van der Waals surface area contributed by atoms with Gasteiger partial charge in [-0.1, -0.05) is 52.3 Å². The van der Waals surface area contributed by atoms with Gasteiger partial charge in [0, 0.05) is 16.6 Å². The molecule has 2 aromatic rings. The fraction of sp³-hybridized carbons (Fsp3) is 0.235. The Morgan fingerprint density at radius 2 is 1.75 bits per heavy atom. The van der Waals surface area contributed by atoms with Gasteiger partial charge in [0.1, 0.15) is 0 Å². The van der Waals surface area contributed by atoms with Crippen molar-refractivity contribution in [2.45, 2.75) is 13.5 Å². The van der Waals surface area contributed by atoms with E-state index in [2.05, 4.69) is 28.1 Å². The summed E-state index contributed by atoms with van der Waals surface area (Å²) in [6, 6.07) is 15.9. The van der Waals surface area contributed by atoms with Crippen molar-refractivity contribution in [3.8, 4) is 0 Å². The summed E-state index contributed by atoms with van der Waals surface area (Å²) in [7, 11) is 1.97. The topological polar surface area (TPSA) is 20.3 Å². The quantitative estimate of drug-likeness (QED) is 0.769. The molecular formula is C17H18BrNO. The number of Topliss-reactive ketones (excluding diaryl/α,β-unsaturated/α-hetero) is 1. The molecule has 0 spiro atoms. The number of ketones is 1. The van der Waals surface area contributed by atoms with Crippen molar-refractivity contribution in [3.63, 3.8) is 0 Å². The van der Waals surface area contributed by atoms with Crippen LogP contribution in [-0.2, 0) is 6.54 Å². The molecule has 20 heavy (non-hydrogen) atoms. The highest BCUT2D eigenvalue weighted by Crippen LogP contribution is 2.13. The zero-order valence-electron chi connectivity index (χ0n) is 11.8. The Kier molecular flexibility index (Phi) is 5.10. The molecule has 0 unspecified atom stereocenters. The Labute approximate surface area is 128 Å². The van der Waals surface area contributed by atoms with Crippen molar-refractivity contribution >= 4 is 21.7 Å². The number of nitrogens with zero attached hydrogens (tertiary/aromatic N) is 1. The fourth-order valence-corrected chi connectivity index (χ4v) is 2.44. The largest absolute Gasteiger partial charge is 0.295 e. The van der Waals surface area contributed by atoms with E-state index in [0.29, 0.717) is 6.54 Å². The molecule has 2 nitrogen and oxygen atoms in total. The standard InChI is InChI=1S/C17H18BrNO/c1-13-5-3-4-6-16(13)17(20)12-19(2)11-14-7-9-15(18)10-8-14/h3-10H,11-12H2,1-2H3. The summed E-state index contributed by atoms with van der Waals surface area (Å²) in [5.74, 6) is 0.169. The number of aryl methyl sites for hydroxylation is 1. The zero-order chi connectivity index (χ0) is 14.5. The summed E-state index contributed by atoms with van der Waals surface area (Å²) in [5, 5.41) is 0. The Morgan fingerprint density at radius 3 is 2.40 bits per heavy atom. The summed E-state index contributed by atoms with van der Waals surface area (Å²) < 4.78 is 1.07. The van der Waals surface area contributed by atoms with Crippen LogP contribution >= 0.6 is 15.9 Å². The van der Waals surface area contributed by atoms with Crippen LogP contribution in [-0.4, -0.2) is 24.3 Å². The van der Waals surface area contributed by atoms with Crippen molar-refractivity contribution in [1.82, 2.24) is 4.90 Å². The predicted molar refractivity (Wildman–Crippen MR) is 86.0 cm³/mol. The second kappa shape index (κ2) is 6.82. The Morgan fingerprint density at radius 1 is 1.10 bits per heavy atom. The normalized spacial score (nSPS) is 10.8. The minimum Gasteiger partial charge on any atom is -0.295 e. The van der Waals surface area contributed by atoms with Gasteiger partial charge in [-0.3, -0.25) is 9.69 Å². The summed E-state index contributed by atoms with van der Waals surface area (Å²) in [4.78, 5) is 14.3. The van der Waals surface area contributed by atoms with Crippen LogP contribution in [0.15, 0.2) is 53.0 Å². The smallest absolute Gasteiger partial charge is 0.177 e. The number of hydrogen-bond donors (Lipinski definition) is 0. The van der Waals surface area contributed by atoms with E-state index >= 15 is 0 Å². The lowest BCUT2D eigenvalue weighted by Crippen LogP contribution is -2.26. The van der Waals surface area contributed by atoms with Gasteiger partial charge in [0.25, 0.3) is 0 Å². The zero-order valence-corrected chi connectivity index (χ0v) is 13.4. The molecule has 0 amide bonds. The molecular weight excluding hydrogens is 314 g/mol. The molecule has 0 bridgehead atoms. The molecule has 0 aliphatic heterocycles. The van der Waals surface area contributed by atoms with Gasteiger partial charge >= 0.3 is 0 Å². The van der Waals surface area contributed by atoms with Crippen LogP contribution in [0.5, 0.6) is 0 Å². The highest BCUT2D eigenvalue weighted by Gasteiger charge is 2.11. The predicted octanol–water partition coefficient (Wildman–Crippen LogP) is 4.07. The van der Waals surface area contributed by atoms with E-state index in [9.17, 15) is 4.79 Å². The van der Waals surface area contributed by atoms with Crippen LogP contribution in [0.3, 0.4) is 0 Å². The number of benzene rings is 2. The first-order chi connectivity index (χ1) is 9.56. The van der Waals surface area contributed by atoms with Gasteiger partial charge in [-0.05, 0) is 37.2 Å². The monoisotopic (exact) mass is 331 g/mol. The third-order valence-electron chi connectivity index (χ3n) is 3.22. The molecule has 0 aliphatic rings. The Balaban J connectivity index is 1.98. The second-order valence-corrected chi connectivity index (χ2v) is 5.95. The van der Waals surface area contributed by atoms with Crippen LogP contribution in [0.1, 0.15) is 21.5 Å². The Hall–Kier alpha value is -1.45. The summed E-state index contributed by atoms with van der Waals surface area (Å²) in [6.07, 6.45) is 0. The van der Waals surface area contributed by atoms with E-state index < -0.39 is 0 Å². The van der Waals surface area contributed by atoms with Gasteiger partial charge in [-0.25, -0.2) is 0 Å². The van der Waals surface area contributed by atoms with Crippen LogP contribution < -0.4 is 0 Å². The molecule has 2 aromatic carbocycles. The van der Waals surface area contributed by atoms with E-state index in [0.717, 1.165) is 22.1 Å². The number of carbonyl (C=O) groups is 1. The molecule has 0 fully saturated rings. The maximum Gasteiger partial charge on any atom is 0.177 e. The van der Waals surface area contributed by atoms with E-state index in [1.807, 2.05) is 55.3 Å². The third-order valence-corrected chi connectivity index (χ3v) is 3.75. The minimum atomic E-state index is 0.169. The molecule has 0 atom stereocenters. The van der Waals surface area contributed by atoms with Gasteiger partial charge in [0.15, 0.2) is 5.78 Å². The van der Waals surface area contributed by atoms with E-state index in [1.165, 1.54) is 5.56 Å². The van der Waals surface area contributed by atoms with Crippen LogP contribution in [0.25, 0.3) is 0 Å². The van der Waals surface area contributed by atoms with Gasteiger partial charge < -0.3 is 0 Å². The minimum absolute atomic E-state index is 0.169. The average molecular weight is 332 g/mol. The second-order valence-electron chi connectivity index (χ2n) is 5.04. The van der Waals surface area contributed by atoms with Crippen molar-refractivity contribution in [1.29, 1.82) is 0 Å². The molecule has 0 aliphatic carbocycles. The van der Waals surface area contributed by atoms with Crippen molar-refractivity contribution in [2.75, 3.05) is 13.6 Å². The lowest BCUT2D eigenvalue weighted by atomic mass is 10.0. The summed E-state index contributed by atoms with van der Waals surface area (Å²) >= 11 is 3.42. The first-order valence-electron chi connectivity index (χ1n) is 6.58. The molecule has 0 aromatic heterocycles. The Bertz CT molecular complexity index is 592. The summed E-state index contributed by atoms with van der Waals surface area (Å²) in [5.41, 5.74) is 3.05. The van der Waals surface area contributed by atoms with Gasteiger partial charge in [-0.15, -0.1) is 0 Å². The molecule has 0 radical (unpaired) electrons.